The fraction of sp³-hybridized carbons (Fsp3) is 0.0556. The normalized spacial score (nSPS) is 12.7. The summed E-state index contributed by atoms with van der Waals surface area (Å²) in [6.45, 7) is 4.94. The minimum absolute atomic E-state index is 0.501. The molecule has 59 heavy (non-hydrogen) atoms. The maximum absolute atomic E-state index is 5.19. The van der Waals surface area contributed by atoms with Gasteiger partial charge in [-0.1, -0.05) is 189 Å². The lowest BCUT2D eigenvalue weighted by Gasteiger charge is -2.41. The Balaban J connectivity index is 1.18. The lowest BCUT2D eigenvalue weighted by molar-refractivity contribution is 0.931. The fourth-order valence-electron chi connectivity index (χ4n) is 8.61. The summed E-state index contributed by atoms with van der Waals surface area (Å²) in [5, 5.41) is 2.85. The Labute approximate surface area is 347 Å². The molecule has 0 fully saturated rings. The van der Waals surface area contributed by atoms with E-state index in [1.54, 1.807) is 0 Å². The fourth-order valence-corrected chi connectivity index (χ4v) is 11.6. The van der Waals surface area contributed by atoms with Crippen LogP contribution in [-0.2, 0) is 6.42 Å². The molecular formula is C54H42N4Si. The molecule has 4 nitrogen and oxygen atoms in total. The van der Waals surface area contributed by atoms with Crippen LogP contribution in [-0.4, -0.2) is 23.0 Å². The van der Waals surface area contributed by atoms with Crippen molar-refractivity contribution in [2.24, 2.45) is 0 Å². The minimum Gasteiger partial charge on any atom is -0.310 e. The summed E-state index contributed by atoms with van der Waals surface area (Å²) in [4.78, 5) is 17.9. The van der Waals surface area contributed by atoms with Crippen LogP contribution in [0, 0.1) is 0 Å². The van der Waals surface area contributed by atoms with Crippen LogP contribution in [0.3, 0.4) is 0 Å². The number of rotatable bonds is 8. The molecule has 1 aliphatic heterocycles. The Morgan fingerprint density at radius 2 is 0.814 bits per heavy atom. The Hall–Kier alpha value is -7.21. The van der Waals surface area contributed by atoms with Crippen molar-refractivity contribution in [1.29, 1.82) is 0 Å². The van der Waals surface area contributed by atoms with Crippen LogP contribution in [0.2, 0.25) is 13.1 Å². The lowest BCUT2D eigenvalue weighted by Crippen LogP contribution is -2.58. The highest BCUT2D eigenvalue weighted by atomic mass is 28.3. The topological polar surface area (TPSA) is 41.9 Å². The molecule has 9 aromatic rings. The largest absolute Gasteiger partial charge is 0.310 e. The average Bonchev–Trinajstić information content (AvgIpc) is 3.30. The highest BCUT2D eigenvalue weighted by Crippen LogP contribution is 2.43. The van der Waals surface area contributed by atoms with Gasteiger partial charge in [-0.05, 0) is 79.6 Å². The highest BCUT2D eigenvalue weighted by Gasteiger charge is 2.38. The summed E-state index contributed by atoms with van der Waals surface area (Å²) in [6.07, 6.45) is 0.501. The summed E-state index contributed by atoms with van der Waals surface area (Å²) in [7, 11) is -2.00. The SMILES string of the molecule is C[Si]1(C)c2ccccc2N(c2ccc(-c3ccc(-c4ccccc4)c(-c4ccccc4)c3)cc2Cc2nc(-c3ccccc3)nc(-c3ccccc3)n2)c2ccccc21. The van der Waals surface area contributed by atoms with Crippen molar-refractivity contribution in [1.82, 2.24) is 15.0 Å². The van der Waals surface area contributed by atoms with E-state index in [2.05, 4.69) is 188 Å². The minimum atomic E-state index is -2.00. The third-order valence-corrected chi connectivity index (χ3v) is 15.1. The van der Waals surface area contributed by atoms with Gasteiger partial charge in [0.1, 0.15) is 13.9 Å². The molecule has 0 amide bonds. The van der Waals surface area contributed by atoms with Gasteiger partial charge >= 0.3 is 0 Å². The summed E-state index contributed by atoms with van der Waals surface area (Å²) < 4.78 is 0. The highest BCUT2D eigenvalue weighted by molar-refractivity contribution is 7.02. The molecule has 0 N–H and O–H groups in total. The zero-order valence-electron chi connectivity index (χ0n) is 33.1. The van der Waals surface area contributed by atoms with Crippen molar-refractivity contribution in [2.75, 3.05) is 4.90 Å². The maximum Gasteiger partial charge on any atom is 0.163 e. The Morgan fingerprint density at radius 3 is 1.36 bits per heavy atom. The Morgan fingerprint density at radius 1 is 0.373 bits per heavy atom. The maximum atomic E-state index is 5.19. The van der Waals surface area contributed by atoms with E-state index < -0.39 is 8.07 Å². The molecule has 0 spiro atoms. The predicted molar refractivity (Wildman–Crippen MR) is 248 cm³/mol. The van der Waals surface area contributed by atoms with Gasteiger partial charge in [-0.15, -0.1) is 0 Å². The van der Waals surface area contributed by atoms with Crippen LogP contribution < -0.4 is 15.3 Å². The molecule has 5 heteroatoms. The molecule has 0 aliphatic carbocycles. The number of fused-ring (bicyclic) bond motifs is 2. The second-order valence-corrected chi connectivity index (χ2v) is 20.0. The van der Waals surface area contributed by atoms with Crippen LogP contribution in [0.4, 0.5) is 17.1 Å². The second-order valence-electron chi connectivity index (χ2n) is 15.6. The van der Waals surface area contributed by atoms with Crippen LogP contribution in [0.5, 0.6) is 0 Å². The predicted octanol–water partition coefficient (Wildman–Crippen LogP) is 12.4. The van der Waals surface area contributed by atoms with Gasteiger partial charge in [-0.2, -0.15) is 0 Å². The number of benzene rings is 8. The molecular weight excluding hydrogens is 733 g/mol. The van der Waals surface area contributed by atoms with Crippen molar-refractivity contribution in [3.8, 4) is 56.2 Å². The molecule has 0 atom stereocenters. The van der Waals surface area contributed by atoms with Crippen molar-refractivity contribution < 1.29 is 0 Å². The summed E-state index contributed by atoms with van der Waals surface area (Å²) in [5.41, 5.74) is 13.7. The second kappa shape index (κ2) is 15.3. The van der Waals surface area contributed by atoms with Gasteiger partial charge in [-0.25, -0.2) is 15.0 Å². The van der Waals surface area contributed by atoms with Gasteiger partial charge in [-0.3, -0.25) is 0 Å². The molecule has 1 aliphatic rings. The van der Waals surface area contributed by atoms with E-state index in [0.717, 1.165) is 33.5 Å². The average molecular weight is 775 g/mol. The third-order valence-electron chi connectivity index (χ3n) is 11.6. The first-order valence-corrected chi connectivity index (χ1v) is 23.2. The van der Waals surface area contributed by atoms with E-state index in [1.807, 2.05) is 36.4 Å². The zero-order chi connectivity index (χ0) is 39.8. The van der Waals surface area contributed by atoms with E-state index in [1.165, 1.54) is 44.0 Å². The molecule has 1 aromatic heterocycles. The smallest absolute Gasteiger partial charge is 0.163 e. The molecule has 8 aromatic carbocycles. The molecule has 282 valence electrons. The summed E-state index contributed by atoms with van der Waals surface area (Å²) in [5.74, 6) is 2.05. The summed E-state index contributed by atoms with van der Waals surface area (Å²) >= 11 is 0. The van der Waals surface area contributed by atoms with Crippen LogP contribution in [0.1, 0.15) is 11.4 Å². The first-order chi connectivity index (χ1) is 29.0. The van der Waals surface area contributed by atoms with Crippen LogP contribution in [0.25, 0.3) is 56.2 Å². The van der Waals surface area contributed by atoms with E-state index in [0.29, 0.717) is 23.9 Å². The van der Waals surface area contributed by atoms with Gasteiger partial charge in [0.2, 0.25) is 0 Å². The third kappa shape index (κ3) is 6.86. The van der Waals surface area contributed by atoms with Crippen LogP contribution in [0.15, 0.2) is 206 Å². The molecule has 0 saturated heterocycles. The molecule has 10 rings (SSSR count). The molecule has 0 saturated carbocycles. The molecule has 0 bridgehead atoms. The van der Waals surface area contributed by atoms with E-state index in [-0.39, 0.29) is 0 Å². The van der Waals surface area contributed by atoms with Gasteiger partial charge < -0.3 is 4.90 Å². The first-order valence-electron chi connectivity index (χ1n) is 20.2. The molecule has 0 radical (unpaired) electrons. The quantitative estimate of drug-likeness (QED) is 0.144. The van der Waals surface area contributed by atoms with Gasteiger partial charge in [0, 0.05) is 34.6 Å². The van der Waals surface area contributed by atoms with E-state index >= 15 is 0 Å². The van der Waals surface area contributed by atoms with Gasteiger partial charge in [0.25, 0.3) is 0 Å². The molecule has 2 heterocycles. The zero-order valence-corrected chi connectivity index (χ0v) is 34.1. The van der Waals surface area contributed by atoms with Crippen molar-refractivity contribution in [3.05, 3.63) is 218 Å². The Kier molecular flexibility index (Phi) is 9.36. The number of aromatic nitrogens is 3. The van der Waals surface area contributed by atoms with Crippen molar-refractivity contribution in [2.45, 2.75) is 19.5 Å². The number of hydrogen-bond acceptors (Lipinski definition) is 4. The molecule has 0 unspecified atom stereocenters. The summed E-state index contributed by atoms with van der Waals surface area (Å²) in [6, 6.07) is 73.6. The first kappa shape index (κ1) is 36.1. The van der Waals surface area contributed by atoms with E-state index in [9.17, 15) is 0 Å². The van der Waals surface area contributed by atoms with Crippen LogP contribution >= 0.6 is 0 Å². The Bertz CT molecular complexity index is 2820. The number of anilines is 3. The van der Waals surface area contributed by atoms with Gasteiger partial charge in [0.15, 0.2) is 11.6 Å². The monoisotopic (exact) mass is 774 g/mol. The van der Waals surface area contributed by atoms with Gasteiger partial charge in [0.05, 0.1) is 0 Å². The number of nitrogens with zero attached hydrogens (tertiary/aromatic N) is 4. The van der Waals surface area contributed by atoms with E-state index in [4.69, 9.17) is 15.0 Å². The van der Waals surface area contributed by atoms with Crippen molar-refractivity contribution in [3.63, 3.8) is 0 Å². The number of para-hydroxylation sites is 2. The number of hydrogen-bond donors (Lipinski definition) is 0. The standard InChI is InChI=1S/C54H42N4Si/c1-59(2)50-29-17-15-27-48(50)58(49-28-16-18-30-51(49)59)47-34-32-42(43-31-33-45(38-19-7-3-8-20-38)46(36-43)39-21-9-4-10-22-39)35-44(47)37-52-55-53(40-23-11-5-12-24-40)57-54(56-52)41-25-13-6-14-26-41/h3-36H,37H2,1-2H3. The van der Waals surface area contributed by atoms with Crippen molar-refractivity contribution >= 4 is 35.5 Å². The lowest BCUT2D eigenvalue weighted by atomic mass is 9.90.